The number of thioether (sulfide) groups is 1. The van der Waals surface area contributed by atoms with Crippen molar-refractivity contribution in [1.29, 1.82) is 0 Å². The largest absolute Gasteiger partial charge is 0.361 e. The maximum atomic E-state index is 12.4. The number of amides is 1. The van der Waals surface area contributed by atoms with Crippen LogP contribution in [0.2, 0.25) is 0 Å². The van der Waals surface area contributed by atoms with E-state index in [2.05, 4.69) is 10.5 Å². The molecular weight excluding hydrogens is 386 g/mol. The number of aryl methyl sites for hydroxylation is 3. The van der Waals surface area contributed by atoms with Gasteiger partial charge in [-0.3, -0.25) is 4.79 Å². The van der Waals surface area contributed by atoms with Gasteiger partial charge in [-0.25, -0.2) is 12.7 Å². The molecule has 148 valence electrons. The molecular formula is C18H25N3O4S2. The predicted octanol–water partition coefficient (Wildman–Crippen LogP) is 3.03. The summed E-state index contributed by atoms with van der Waals surface area (Å²) in [5.41, 5.74) is 3.99. The van der Waals surface area contributed by atoms with Crippen molar-refractivity contribution in [3.63, 3.8) is 0 Å². The smallest absolute Gasteiger partial charge is 0.242 e. The normalized spacial score (nSPS) is 11.8. The third-order valence-electron chi connectivity index (χ3n) is 4.35. The monoisotopic (exact) mass is 411 g/mol. The van der Waals surface area contributed by atoms with Gasteiger partial charge in [0.2, 0.25) is 15.9 Å². The quantitative estimate of drug-likeness (QED) is 0.753. The number of carbonyl (C=O) groups is 1. The Bertz CT molecular complexity index is 930. The van der Waals surface area contributed by atoms with Gasteiger partial charge in [0, 0.05) is 31.1 Å². The summed E-state index contributed by atoms with van der Waals surface area (Å²) in [7, 11) is -0.611. The van der Waals surface area contributed by atoms with Crippen LogP contribution >= 0.6 is 11.8 Å². The highest BCUT2D eigenvalue weighted by atomic mass is 32.2. The number of nitrogens with zero attached hydrogens (tertiary/aromatic N) is 2. The average molecular weight is 412 g/mol. The molecule has 2 rings (SSSR count). The van der Waals surface area contributed by atoms with E-state index in [0.29, 0.717) is 11.4 Å². The molecule has 1 heterocycles. The van der Waals surface area contributed by atoms with Crippen molar-refractivity contribution in [2.45, 2.75) is 38.3 Å². The van der Waals surface area contributed by atoms with E-state index in [0.717, 1.165) is 32.4 Å². The van der Waals surface area contributed by atoms with Crippen LogP contribution in [0.4, 0.5) is 5.69 Å². The zero-order chi connectivity index (χ0) is 20.4. The molecule has 0 unspecified atom stereocenters. The molecule has 2 aromatic rings. The summed E-state index contributed by atoms with van der Waals surface area (Å²) in [4.78, 5) is 12.5. The summed E-state index contributed by atoms with van der Waals surface area (Å²) in [5, 5.41) is 6.73. The Morgan fingerprint density at radius 1 is 1.22 bits per heavy atom. The van der Waals surface area contributed by atoms with Crippen LogP contribution in [0, 0.1) is 27.7 Å². The molecule has 0 fully saturated rings. The SMILES string of the molecule is Cc1cc(S(=O)(=O)N(C)C)cc(NC(=O)CSCc2c(C)noc2C)c1C. The number of aromatic nitrogens is 1. The highest BCUT2D eigenvalue weighted by Gasteiger charge is 2.20. The molecule has 0 spiro atoms. The Kier molecular flexibility index (Phi) is 6.72. The van der Waals surface area contributed by atoms with Crippen molar-refractivity contribution in [1.82, 2.24) is 9.46 Å². The van der Waals surface area contributed by atoms with Gasteiger partial charge < -0.3 is 9.84 Å². The first-order valence-electron chi connectivity index (χ1n) is 8.37. The predicted molar refractivity (Wildman–Crippen MR) is 108 cm³/mol. The van der Waals surface area contributed by atoms with Crippen molar-refractivity contribution < 1.29 is 17.7 Å². The van der Waals surface area contributed by atoms with E-state index in [1.807, 2.05) is 27.7 Å². The van der Waals surface area contributed by atoms with Crippen molar-refractivity contribution in [3.05, 3.63) is 40.3 Å². The van der Waals surface area contributed by atoms with Crippen LogP contribution in [0.3, 0.4) is 0 Å². The molecule has 0 bridgehead atoms. The molecule has 1 N–H and O–H groups in total. The van der Waals surface area contributed by atoms with Crippen LogP contribution < -0.4 is 5.32 Å². The Morgan fingerprint density at radius 3 is 2.44 bits per heavy atom. The second-order valence-corrected chi connectivity index (χ2v) is 9.68. The highest BCUT2D eigenvalue weighted by molar-refractivity contribution is 7.99. The first kappa shape index (κ1) is 21.5. The van der Waals surface area contributed by atoms with Gasteiger partial charge in [-0.2, -0.15) is 0 Å². The summed E-state index contributed by atoms with van der Waals surface area (Å²) in [6, 6.07) is 3.13. The molecule has 7 nitrogen and oxygen atoms in total. The second-order valence-electron chi connectivity index (χ2n) is 6.54. The highest BCUT2D eigenvalue weighted by Crippen LogP contribution is 2.26. The summed E-state index contributed by atoms with van der Waals surface area (Å²) >= 11 is 1.45. The standard InChI is InChI=1S/C18H25N3O4S2/c1-11-7-15(27(23,24)21(5)6)8-17(12(11)2)19-18(22)10-26-9-16-13(3)20-25-14(16)4/h7-8H,9-10H2,1-6H3,(H,19,22). The fraction of sp³-hybridized carbons (Fsp3) is 0.444. The Balaban J connectivity index is 2.10. The van der Waals surface area contributed by atoms with E-state index < -0.39 is 10.0 Å². The average Bonchev–Trinajstić information content (AvgIpc) is 2.90. The minimum Gasteiger partial charge on any atom is -0.361 e. The van der Waals surface area contributed by atoms with Gasteiger partial charge >= 0.3 is 0 Å². The lowest BCUT2D eigenvalue weighted by Crippen LogP contribution is -2.23. The third kappa shape index (κ3) is 4.91. The van der Waals surface area contributed by atoms with Gasteiger partial charge in [0.25, 0.3) is 0 Å². The lowest BCUT2D eigenvalue weighted by Gasteiger charge is -2.16. The van der Waals surface area contributed by atoms with Gasteiger partial charge in [0.05, 0.1) is 16.3 Å². The molecule has 0 radical (unpaired) electrons. The Morgan fingerprint density at radius 2 is 1.89 bits per heavy atom. The van der Waals surface area contributed by atoms with E-state index in [9.17, 15) is 13.2 Å². The second kappa shape index (κ2) is 8.45. The minimum absolute atomic E-state index is 0.161. The zero-order valence-electron chi connectivity index (χ0n) is 16.4. The summed E-state index contributed by atoms with van der Waals surface area (Å²) in [6.45, 7) is 7.40. The Hall–Kier alpha value is -1.84. The first-order valence-corrected chi connectivity index (χ1v) is 11.0. The number of hydrogen-bond acceptors (Lipinski definition) is 6. The number of carbonyl (C=O) groups excluding carboxylic acids is 1. The van der Waals surface area contributed by atoms with Crippen LogP contribution in [-0.4, -0.2) is 43.6 Å². The zero-order valence-corrected chi connectivity index (χ0v) is 18.0. The number of hydrogen-bond donors (Lipinski definition) is 1. The number of anilines is 1. The molecule has 0 atom stereocenters. The molecule has 0 aliphatic heterocycles. The van der Waals surface area contributed by atoms with Crippen molar-refractivity contribution in [2.75, 3.05) is 25.2 Å². The number of sulfonamides is 1. The number of benzene rings is 1. The van der Waals surface area contributed by atoms with Crippen molar-refractivity contribution >= 4 is 33.4 Å². The van der Waals surface area contributed by atoms with Crippen LogP contribution in [0.15, 0.2) is 21.6 Å². The Labute approximate surface area is 164 Å². The molecule has 0 saturated heterocycles. The van der Waals surface area contributed by atoms with Crippen LogP contribution in [0.25, 0.3) is 0 Å². The van der Waals surface area contributed by atoms with Crippen molar-refractivity contribution in [3.8, 4) is 0 Å². The summed E-state index contributed by atoms with van der Waals surface area (Å²) < 4.78 is 31.1. The lowest BCUT2D eigenvalue weighted by molar-refractivity contribution is -0.113. The minimum atomic E-state index is -3.57. The number of nitrogens with one attached hydrogen (secondary N) is 1. The van der Waals surface area contributed by atoms with Gasteiger partial charge in [0.1, 0.15) is 5.76 Å². The molecule has 9 heteroatoms. The molecule has 1 aromatic carbocycles. The van der Waals surface area contributed by atoms with E-state index in [1.165, 1.54) is 31.9 Å². The molecule has 1 aromatic heterocycles. The van der Waals surface area contributed by atoms with Gasteiger partial charge in [-0.05, 0) is 51.0 Å². The van der Waals surface area contributed by atoms with Crippen molar-refractivity contribution in [2.24, 2.45) is 0 Å². The summed E-state index contributed by atoms with van der Waals surface area (Å²) in [5.74, 6) is 1.44. The van der Waals surface area contributed by atoms with E-state index >= 15 is 0 Å². The van der Waals surface area contributed by atoms with Gasteiger partial charge in [-0.1, -0.05) is 5.16 Å². The summed E-state index contributed by atoms with van der Waals surface area (Å²) in [6.07, 6.45) is 0. The molecule has 27 heavy (non-hydrogen) atoms. The molecule has 1 amide bonds. The first-order chi connectivity index (χ1) is 12.5. The van der Waals surface area contributed by atoms with Gasteiger partial charge in [0.15, 0.2) is 0 Å². The maximum Gasteiger partial charge on any atom is 0.242 e. The fourth-order valence-corrected chi connectivity index (χ4v) is 4.45. The maximum absolute atomic E-state index is 12.4. The topological polar surface area (TPSA) is 92.5 Å². The van der Waals surface area contributed by atoms with Gasteiger partial charge in [-0.15, -0.1) is 11.8 Å². The van der Waals surface area contributed by atoms with E-state index in [-0.39, 0.29) is 16.6 Å². The number of rotatable bonds is 7. The van der Waals surface area contributed by atoms with E-state index in [4.69, 9.17) is 4.52 Å². The lowest BCUT2D eigenvalue weighted by atomic mass is 10.1. The van der Waals surface area contributed by atoms with Crippen LogP contribution in [-0.2, 0) is 20.6 Å². The molecule has 0 aliphatic rings. The van der Waals surface area contributed by atoms with Crippen LogP contribution in [0.5, 0.6) is 0 Å². The molecule has 0 aliphatic carbocycles. The van der Waals surface area contributed by atoms with Crippen LogP contribution in [0.1, 0.15) is 28.1 Å². The third-order valence-corrected chi connectivity index (χ3v) is 7.11. The van der Waals surface area contributed by atoms with E-state index in [1.54, 1.807) is 6.07 Å². The fourth-order valence-electron chi connectivity index (χ4n) is 2.46. The molecule has 0 saturated carbocycles.